The van der Waals surface area contributed by atoms with Crippen molar-refractivity contribution in [2.24, 2.45) is 0 Å². The molecule has 5 heteroatoms. The van der Waals surface area contributed by atoms with Crippen LogP contribution < -0.4 is 20.9 Å². The van der Waals surface area contributed by atoms with E-state index in [0.29, 0.717) is 0 Å². The largest absolute Gasteiger partial charge is 0.354 e. The summed E-state index contributed by atoms with van der Waals surface area (Å²) in [5, 5.41) is 8.59. The van der Waals surface area contributed by atoms with Gasteiger partial charge in [-0.2, -0.15) is 0 Å². The van der Waals surface area contributed by atoms with Gasteiger partial charge in [0.25, 0.3) is 0 Å². The number of aromatic nitrogens is 1. The first-order chi connectivity index (χ1) is 13.8. The van der Waals surface area contributed by atoms with E-state index in [2.05, 4.69) is 40.0 Å². The quantitative estimate of drug-likeness (QED) is 0.807. The Hall–Kier alpha value is -1.81. The first kappa shape index (κ1) is 22.5. The standard InChI is InChI=1S/C14H17N3O.C7H15N.C2H6.H2/c1-2-16-8-10-17(11-9-16)14-12-6-4-3-5-7-13(12)18-15-14;1-8-7-5-3-2-4-6-7;1-2;/h4-7H,2,8-11H2,1H3;7-8H,2-6H2,1H3;1-2H3;1H. The molecule has 0 unspecified atom stereocenters. The Morgan fingerprint density at radius 2 is 1.79 bits per heavy atom. The molecule has 0 aromatic carbocycles. The Kier molecular flexibility index (Phi) is 10.1. The minimum atomic E-state index is 0. The van der Waals surface area contributed by atoms with Gasteiger partial charge in [0, 0.05) is 33.6 Å². The molecule has 2 fully saturated rings. The minimum absolute atomic E-state index is 0. The van der Waals surface area contributed by atoms with Crippen molar-refractivity contribution in [3.05, 3.63) is 28.5 Å². The molecule has 158 valence electrons. The van der Waals surface area contributed by atoms with Crippen LogP contribution in [0.1, 0.15) is 54.3 Å². The number of fused-ring (bicyclic) bond motifs is 1. The highest BCUT2D eigenvalue weighted by Crippen LogP contribution is 2.16. The summed E-state index contributed by atoms with van der Waals surface area (Å²) in [7, 11) is 2.07. The molecule has 2 aliphatic carbocycles. The average Bonchev–Trinajstić information content (AvgIpc) is 3.04. The summed E-state index contributed by atoms with van der Waals surface area (Å²) in [4.78, 5) is 4.75. The fraction of sp³-hybridized carbons (Fsp3) is 0.652. The first-order valence-corrected chi connectivity index (χ1v) is 11.0. The summed E-state index contributed by atoms with van der Waals surface area (Å²) < 4.78 is 5.39. The number of nitrogens with zero attached hydrogens (tertiary/aromatic N) is 3. The van der Waals surface area contributed by atoms with Crippen molar-refractivity contribution in [1.29, 1.82) is 0 Å². The maximum atomic E-state index is 5.39. The van der Waals surface area contributed by atoms with Crippen molar-refractivity contribution in [2.45, 2.75) is 58.9 Å². The molecular weight excluding hydrogens is 348 g/mol. The number of piperazine rings is 1. The Bertz CT molecular complexity index is 737. The van der Waals surface area contributed by atoms with Crippen LogP contribution in [0.15, 0.2) is 22.4 Å². The van der Waals surface area contributed by atoms with Crippen molar-refractivity contribution in [1.82, 2.24) is 15.4 Å². The second kappa shape index (κ2) is 12.6. The normalized spacial score (nSPS) is 19.2. The fourth-order valence-corrected chi connectivity index (χ4v) is 3.78. The highest BCUT2D eigenvalue weighted by Gasteiger charge is 2.19. The van der Waals surface area contributed by atoms with Gasteiger partial charge in [-0.1, -0.05) is 45.2 Å². The third kappa shape index (κ3) is 6.37. The van der Waals surface area contributed by atoms with Gasteiger partial charge in [-0.05, 0) is 50.7 Å². The lowest BCUT2D eigenvalue weighted by Crippen LogP contribution is -2.48. The molecule has 3 aliphatic rings. The molecule has 0 bridgehead atoms. The van der Waals surface area contributed by atoms with E-state index in [9.17, 15) is 0 Å². The van der Waals surface area contributed by atoms with Gasteiger partial charge >= 0.3 is 0 Å². The molecule has 0 spiro atoms. The number of rotatable bonds is 3. The fourth-order valence-electron chi connectivity index (χ4n) is 3.78. The lowest BCUT2D eigenvalue weighted by Gasteiger charge is -2.33. The lowest BCUT2D eigenvalue weighted by molar-refractivity contribution is 0.269. The SMILES string of the molecule is CC.CCN1CCN(c2noc3c2=CC=C=CC=3)CC1.CNC1CCCCC1.[HH]. The van der Waals surface area contributed by atoms with E-state index < -0.39 is 0 Å². The van der Waals surface area contributed by atoms with E-state index in [1.165, 1.54) is 32.1 Å². The zero-order chi connectivity index (χ0) is 20.2. The Morgan fingerprint density at radius 1 is 1.11 bits per heavy atom. The number of likely N-dealkylation sites (N-methyl/N-ethyl adjacent to an activating group) is 1. The first-order valence-electron chi connectivity index (χ1n) is 11.0. The average molecular weight is 389 g/mol. The Labute approximate surface area is 171 Å². The van der Waals surface area contributed by atoms with E-state index in [4.69, 9.17) is 4.52 Å². The van der Waals surface area contributed by atoms with Gasteiger partial charge in [-0.3, -0.25) is 0 Å². The maximum Gasteiger partial charge on any atom is 0.180 e. The second-order valence-electron chi connectivity index (χ2n) is 7.16. The lowest BCUT2D eigenvalue weighted by atomic mass is 9.96. The highest BCUT2D eigenvalue weighted by molar-refractivity contribution is 5.53. The summed E-state index contributed by atoms with van der Waals surface area (Å²) in [6, 6.07) is 0.837. The summed E-state index contributed by atoms with van der Waals surface area (Å²) in [6.45, 7) is 11.5. The van der Waals surface area contributed by atoms with E-state index in [1.807, 2.05) is 38.2 Å². The minimum Gasteiger partial charge on any atom is -0.354 e. The van der Waals surface area contributed by atoms with Gasteiger partial charge < -0.3 is 19.6 Å². The highest BCUT2D eigenvalue weighted by atomic mass is 16.5. The Morgan fingerprint density at radius 3 is 2.39 bits per heavy atom. The van der Waals surface area contributed by atoms with Crippen LogP contribution in [0.4, 0.5) is 5.82 Å². The van der Waals surface area contributed by atoms with E-state index in [1.54, 1.807) is 0 Å². The van der Waals surface area contributed by atoms with Gasteiger partial charge in [0.1, 0.15) is 0 Å². The smallest absolute Gasteiger partial charge is 0.180 e. The predicted octanol–water partition coefficient (Wildman–Crippen LogP) is 2.91. The molecule has 1 saturated heterocycles. The van der Waals surface area contributed by atoms with Gasteiger partial charge in [-0.15, -0.1) is 5.73 Å². The van der Waals surface area contributed by atoms with E-state index in [-0.39, 0.29) is 1.43 Å². The number of anilines is 1. The Balaban J connectivity index is 0.000000324. The molecule has 28 heavy (non-hydrogen) atoms. The summed E-state index contributed by atoms with van der Waals surface area (Å²) >= 11 is 0. The molecule has 1 aromatic heterocycles. The van der Waals surface area contributed by atoms with Crippen molar-refractivity contribution < 1.29 is 5.95 Å². The number of hydrogen-bond acceptors (Lipinski definition) is 5. The van der Waals surface area contributed by atoms with Crippen LogP contribution in [-0.4, -0.2) is 55.9 Å². The molecule has 0 radical (unpaired) electrons. The molecule has 4 rings (SSSR count). The number of hydrogen-bond donors (Lipinski definition) is 1. The zero-order valence-corrected chi connectivity index (χ0v) is 18.2. The van der Waals surface area contributed by atoms with Crippen LogP contribution in [0.2, 0.25) is 0 Å². The van der Waals surface area contributed by atoms with Crippen molar-refractivity contribution in [3.63, 3.8) is 0 Å². The van der Waals surface area contributed by atoms with Crippen LogP contribution >= 0.6 is 0 Å². The number of nitrogens with one attached hydrogen (secondary N) is 1. The monoisotopic (exact) mass is 388 g/mol. The van der Waals surface area contributed by atoms with Gasteiger partial charge in [0.2, 0.25) is 0 Å². The van der Waals surface area contributed by atoms with Gasteiger partial charge in [0.05, 0.1) is 5.22 Å². The van der Waals surface area contributed by atoms with E-state index >= 15 is 0 Å². The summed E-state index contributed by atoms with van der Waals surface area (Å²) in [5.74, 6) is 0.963. The topological polar surface area (TPSA) is 44.5 Å². The third-order valence-corrected chi connectivity index (χ3v) is 5.55. The van der Waals surface area contributed by atoms with Crippen LogP contribution in [0.25, 0.3) is 12.2 Å². The van der Waals surface area contributed by atoms with Gasteiger partial charge in [0.15, 0.2) is 11.2 Å². The third-order valence-electron chi connectivity index (χ3n) is 5.55. The van der Waals surface area contributed by atoms with Gasteiger partial charge in [-0.25, -0.2) is 0 Å². The van der Waals surface area contributed by atoms with Crippen LogP contribution in [0, 0.1) is 0 Å². The molecule has 1 N–H and O–H groups in total. The van der Waals surface area contributed by atoms with Crippen LogP contribution in [0.5, 0.6) is 0 Å². The molecule has 1 saturated carbocycles. The summed E-state index contributed by atoms with van der Waals surface area (Å²) in [6.07, 6.45) is 14.8. The summed E-state index contributed by atoms with van der Waals surface area (Å²) in [5.41, 5.74) is 3.87. The van der Waals surface area contributed by atoms with Crippen molar-refractivity contribution in [2.75, 3.05) is 44.7 Å². The molecule has 0 atom stereocenters. The van der Waals surface area contributed by atoms with Crippen molar-refractivity contribution >= 4 is 18.0 Å². The second-order valence-corrected chi connectivity index (χ2v) is 7.16. The molecule has 0 amide bonds. The maximum absolute atomic E-state index is 5.39. The molecule has 1 aliphatic heterocycles. The number of allylic oxidation sites excluding steroid dienone is 1. The molecule has 1 aromatic rings. The molecular formula is C23H40N4O. The van der Waals surface area contributed by atoms with Crippen LogP contribution in [-0.2, 0) is 0 Å². The van der Waals surface area contributed by atoms with E-state index in [0.717, 1.165) is 55.2 Å². The molecule has 2 heterocycles. The van der Waals surface area contributed by atoms with Crippen LogP contribution in [0.3, 0.4) is 0 Å². The zero-order valence-electron chi connectivity index (χ0n) is 18.2. The predicted molar refractivity (Wildman–Crippen MR) is 121 cm³/mol. The van der Waals surface area contributed by atoms with Crippen molar-refractivity contribution in [3.8, 4) is 0 Å². The molecule has 5 nitrogen and oxygen atoms in total.